The number of thioether (sulfide) groups is 1. The first-order valence-corrected chi connectivity index (χ1v) is 13.6. The molecule has 0 saturated carbocycles. The molecule has 9 nitrogen and oxygen atoms in total. The third-order valence-electron chi connectivity index (χ3n) is 6.82. The van der Waals surface area contributed by atoms with Crippen molar-refractivity contribution < 1.29 is 14.0 Å². The lowest BCUT2D eigenvalue weighted by molar-refractivity contribution is -0.115. The molecule has 4 heterocycles. The monoisotopic (exact) mass is 547 g/mol. The zero-order valence-electron chi connectivity index (χ0n) is 21.9. The Kier molecular flexibility index (Phi) is 8.18. The van der Waals surface area contributed by atoms with Crippen molar-refractivity contribution in [3.63, 3.8) is 0 Å². The van der Waals surface area contributed by atoms with E-state index in [0.717, 1.165) is 61.2 Å². The molecule has 5 rings (SSSR count). The number of pyridine rings is 1. The van der Waals surface area contributed by atoms with Crippen LogP contribution in [0.25, 0.3) is 17.3 Å². The predicted octanol–water partition coefficient (Wildman–Crippen LogP) is 4.07. The summed E-state index contributed by atoms with van der Waals surface area (Å²) in [4.78, 5) is 41.0. The van der Waals surface area contributed by atoms with Gasteiger partial charge in [0.05, 0.1) is 22.5 Å². The average molecular weight is 548 g/mol. The average Bonchev–Trinajstić information content (AvgIpc) is 3.26. The smallest absolute Gasteiger partial charge is 0.290 e. The highest BCUT2D eigenvalue weighted by atomic mass is 32.2. The number of benzene rings is 1. The van der Waals surface area contributed by atoms with Gasteiger partial charge in [0.2, 0.25) is 5.95 Å². The maximum absolute atomic E-state index is 14.5. The van der Waals surface area contributed by atoms with Gasteiger partial charge in [0, 0.05) is 56.7 Å². The van der Waals surface area contributed by atoms with Crippen molar-refractivity contribution in [3.8, 4) is 11.3 Å². The van der Waals surface area contributed by atoms with Crippen LogP contribution in [0.5, 0.6) is 0 Å². The molecule has 202 valence electrons. The van der Waals surface area contributed by atoms with Crippen LogP contribution in [0.15, 0.2) is 53.7 Å². The summed E-state index contributed by atoms with van der Waals surface area (Å²) in [6, 6.07) is 11.6. The van der Waals surface area contributed by atoms with E-state index in [0.29, 0.717) is 34.6 Å². The van der Waals surface area contributed by atoms with Gasteiger partial charge in [-0.2, -0.15) is 0 Å². The number of hydrogen-bond acceptors (Lipinski definition) is 9. The molecule has 2 saturated heterocycles. The number of rotatable bonds is 8. The van der Waals surface area contributed by atoms with Crippen molar-refractivity contribution >= 4 is 40.6 Å². The van der Waals surface area contributed by atoms with Crippen molar-refractivity contribution in [2.45, 2.75) is 19.4 Å². The molecule has 0 atom stereocenters. The number of halogens is 1. The molecule has 2 aromatic heterocycles. The molecule has 2 aliphatic rings. The van der Waals surface area contributed by atoms with Gasteiger partial charge >= 0.3 is 0 Å². The largest absolute Gasteiger partial charge is 0.378 e. The van der Waals surface area contributed by atoms with E-state index >= 15 is 0 Å². The second-order valence-corrected chi connectivity index (χ2v) is 10.8. The molecular formula is C28H30FN7O2S. The van der Waals surface area contributed by atoms with Crippen LogP contribution in [-0.4, -0.2) is 59.8 Å². The minimum absolute atomic E-state index is 0.310. The van der Waals surface area contributed by atoms with Crippen molar-refractivity contribution in [2.75, 3.05) is 43.5 Å². The Hall–Kier alpha value is -3.83. The van der Waals surface area contributed by atoms with E-state index < -0.39 is 5.91 Å². The van der Waals surface area contributed by atoms with Crippen molar-refractivity contribution in [1.82, 2.24) is 25.6 Å². The van der Waals surface area contributed by atoms with Gasteiger partial charge in [0.15, 0.2) is 0 Å². The number of nitrogens with zero attached hydrogens (tertiary/aromatic N) is 5. The van der Waals surface area contributed by atoms with Crippen LogP contribution in [0.3, 0.4) is 0 Å². The molecule has 2 fully saturated rings. The summed E-state index contributed by atoms with van der Waals surface area (Å²) < 4.78 is 14.5. The fraction of sp³-hybridized carbons (Fsp3) is 0.321. The lowest BCUT2D eigenvalue weighted by atomic mass is 9.97. The fourth-order valence-corrected chi connectivity index (χ4v) is 5.28. The lowest BCUT2D eigenvalue weighted by Crippen LogP contribution is -2.38. The number of nitrogens with one attached hydrogen (secondary N) is 2. The molecule has 2 N–H and O–H groups in total. The summed E-state index contributed by atoms with van der Waals surface area (Å²) in [6.45, 7) is 2.82. The zero-order chi connectivity index (χ0) is 27.4. The van der Waals surface area contributed by atoms with E-state index in [1.807, 2.05) is 49.3 Å². The lowest BCUT2D eigenvalue weighted by Gasteiger charge is -2.32. The topological polar surface area (TPSA) is 103 Å². The molecule has 0 radical (unpaired) electrons. The second-order valence-electron chi connectivity index (χ2n) is 9.80. The van der Waals surface area contributed by atoms with E-state index in [9.17, 15) is 14.0 Å². The van der Waals surface area contributed by atoms with Gasteiger partial charge in [-0.1, -0.05) is 12.1 Å². The molecule has 0 bridgehead atoms. The number of carbonyl (C=O) groups excluding carboxylic acids is 2. The van der Waals surface area contributed by atoms with E-state index in [-0.39, 0.29) is 11.1 Å². The quantitative estimate of drug-likeness (QED) is 0.404. The first-order chi connectivity index (χ1) is 18.9. The van der Waals surface area contributed by atoms with Crippen molar-refractivity contribution in [2.24, 2.45) is 5.92 Å². The molecule has 0 spiro atoms. The zero-order valence-corrected chi connectivity index (χ0v) is 22.7. The number of hydrogen-bond donors (Lipinski definition) is 2. The van der Waals surface area contributed by atoms with Crippen LogP contribution in [0.4, 0.5) is 20.8 Å². The summed E-state index contributed by atoms with van der Waals surface area (Å²) in [5.41, 5.74) is 3.96. The fourth-order valence-electron chi connectivity index (χ4n) is 4.62. The second kappa shape index (κ2) is 11.9. The van der Waals surface area contributed by atoms with Crippen LogP contribution in [-0.2, 0) is 11.3 Å². The maximum atomic E-state index is 14.5. The van der Waals surface area contributed by atoms with Crippen LogP contribution in [0.1, 0.15) is 24.1 Å². The van der Waals surface area contributed by atoms with Crippen LogP contribution < -0.4 is 20.4 Å². The van der Waals surface area contributed by atoms with E-state index in [1.165, 1.54) is 6.20 Å². The predicted molar refractivity (Wildman–Crippen MR) is 152 cm³/mol. The highest BCUT2D eigenvalue weighted by Crippen LogP contribution is 2.27. The normalized spacial score (nSPS) is 17.1. The van der Waals surface area contributed by atoms with Gasteiger partial charge in [-0.15, -0.1) is 0 Å². The number of piperidine rings is 1. The van der Waals surface area contributed by atoms with E-state index in [2.05, 4.69) is 30.5 Å². The summed E-state index contributed by atoms with van der Waals surface area (Å²) >= 11 is 0.870. The van der Waals surface area contributed by atoms with Crippen LogP contribution >= 0.6 is 11.8 Å². The standard InChI is InChI=1S/C28H30FN7O2S/c1-35(2)22-5-3-4-19(12-22)24-13-20(23(29)17-32-24)16-30-15-18-7-10-36(11-8-18)27-31-9-6-21(33-27)14-25-26(37)34-28(38)39-25/h3-6,9,12-14,17-18,30H,7-8,10-11,15-16H2,1-2H3,(H,34,37,38)/b25-14+. The molecule has 11 heteroatoms. The maximum Gasteiger partial charge on any atom is 0.290 e. The van der Waals surface area contributed by atoms with Gasteiger partial charge in [-0.25, -0.2) is 14.4 Å². The van der Waals surface area contributed by atoms with Gasteiger partial charge in [0.1, 0.15) is 5.82 Å². The minimum atomic E-state index is -0.403. The van der Waals surface area contributed by atoms with Gasteiger partial charge in [0.25, 0.3) is 11.1 Å². The molecule has 39 heavy (non-hydrogen) atoms. The summed E-state index contributed by atoms with van der Waals surface area (Å²) in [5, 5.41) is 5.30. The number of anilines is 2. The van der Waals surface area contributed by atoms with Crippen LogP contribution in [0, 0.1) is 11.7 Å². The molecular weight excluding hydrogens is 517 g/mol. The van der Waals surface area contributed by atoms with Gasteiger partial charge < -0.3 is 15.1 Å². The molecule has 1 aromatic carbocycles. The van der Waals surface area contributed by atoms with Crippen molar-refractivity contribution in [1.29, 1.82) is 0 Å². The SMILES string of the molecule is CN(C)c1cccc(-c2cc(CNCC3CCN(c4nccc(/C=C5/SC(=O)NC5=O)n4)CC3)c(F)cn2)c1. The molecule has 2 aliphatic heterocycles. The number of amides is 2. The summed E-state index contributed by atoms with van der Waals surface area (Å²) in [7, 11) is 3.97. The number of aromatic nitrogens is 3. The van der Waals surface area contributed by atoms with Gasteiger partial charge in [-0.05, 0) is 67.4 Å². The Labute approximate surface area is 230 Å². The molecule has 0 aliphatic carbocycles. The Morgan fingerprint density at radius 1 is 1.18 bits per heavy atom. The molecule has 0 unspecified atom stereocenters. The van der Waals surface area contributed by atoms with Gasteiger partial charge in [-0.3, -0.25) is 19.9 Å². The highest BCUT2D eigenvalue weighted by Gasteiger charge is 2.26. The first-order valence-electron chi connectivity index (χ1n) is 12.8. The Morgan fingerprint density at radius 3 is 2.74 bits per heavy atom. The minimum Gasteiger partial charge on any atom is -0.378 e. The summed E-state index contributed by atoms with van der Waals surface area (Å²) in [6.07, 6.45) is 6.48. The third kappa shape index (κ3) is 6.61. The number of carbonyl (C=O) groups is 2. The van der Waals surface area contributed by atoms with Crippen molar-refractivity contribution in [3.05, 3.63) is 70.8 Å². The first kappa shape index (κ1) is 26.8. The molecule has 2 amide bonds. The number of imide groups is 1. The molecule has 3 aromatic rings. The Morgan fingerprint density at radius 2 is 2.00 bits per heavy atom. The Bertz CT molecular complexity index is 1410. The van der Waals surface area contributed by atoms with E-state index in [4.69, 9.17) is 0 Å². The van der Waals surface area contributed by atoms with E-state index in [1.54, 1.807) is 18.3 Å². The third-order valence-corrected chi connectivity index (χ3v) is 7.63. The Balaban J connectivity index is 1.14. The van der Waals surface area contributed by atoms with Crippen LogP contribution in [0.2, 0.25) is 0 Å². The summed E-state index contributed by atoms with van der Waals surface area (Å²) in [5.74, 6) is 0.349. The highest BCUT2D eigenvalue weighted by molar-refractivity contribution is 8.18.